The van der Waals surface area contributed by atoms with E-state index in [0.717, 1.165) is 6.42 Å². The van der Waals surface area contributed by atoms with Gasteiger partial charge in [-0.25, -0.2) is 4.79 Å². The highest BCUT2D eigenvalue weighted by atomic mass is 16.5. The summed E-state index contributed by atoms with van der Waals surface area (Å²) >= 11 is 0. The van der Waals surface area contributed by atoms with E-state index in [1.54, 1.807) is 24.3 Å². The zero-order valence-corrected chi connectivity index (χ0v) is 11.4. The van der Waals surface area contributed by atoms with Crippen molar-refractivity contribution in [3.63, 3.8) is 0 Å². The van der Waals surface area contributed by atoms with Crippen LogP contribution in [-0.4, -0.2) is 18.4 Å². The Hall–Kier alpha value is -1.64. The van der Waals surface area contributed by atoms with Crippen molar-refractivity contribution in [1.82, 2.24) is 0 Å². The Bertz CT molecular complexity index is 424. The average Bonchev–Trinajstić information content (AvgIpc) is 2.34. The number of ether oxygens (including phenoxy) is 1. The first-order valence-electron chi connectivity index (χ1n) is 6.18. The maximum atomic E-state index is 12.0. The second kappa shape index (κ2) is 5.80. The smallest absolute Gasteiger partial charge is 0.338 e. The van der Waals surface area contributed by atoms with E-state index in [-0.39, 0.29) is 11.8 Å². The maximum absolute atomic E-state index is 12.0. The molecule has 1 aromatic rings. The molecule has 0 N–H and O–H groups in total. The van der Waals surface area contributed by atoms with E-state index >= 15 is 0 Å². The molecular formula is C15H20O3. The number of benzene rings is 1. The van der Waals surface area contributed by atoms with Crippen molar-refractivity contribution in [3.8, 4) is 0 Å². The van der Waals surface area contributed by atoms with E-state index in [1.807, 2.05) is 27.7 Å². The third kappa shape index (κ3) is 3.69. The Morgan fingerprint density at radius 3 is 2.00 bits per heavy atom. The van der Waals surface area contributed by atoms with Gasteiger partial charge in [0.1, 0.15) is 0 Å². The molecule has 18 heavy (non-hydrogen) atoms. The third-order valence-corrected chi connectivity index (χ3v) is 2.50. The molecule has 0 fully saturated rings. The number of hydrogen-bond donors (Lipinski definition) is 0. The summed E-state index contributed by atoms with van der Waals surface area (Å²) in [4.78, 5) is 23.6. The third-order valence-electron chi connectivity index (χ3n) is 2.50. The predicted molar refractivity (Wildman–Crippen MR) is 70.8 cm³/mol. The van der Waals surface area contributed by atoms with E-state index in [0.29, 0.717) is 17.7 Å². The van der Waals surface area contributed by atoms with Gasteiger partial charge in [-0.15, -0.1) is 0 Å². The standard InChI is InChI=1S/C15H20O3/c1-5-10-18-14(17)12-8-6-11(7-9-12)13(16)15(2,3)4/h6-9H,5,10H2,1-4H3. The molecule has 0 saturated heterocycles. The van der Waals surface area contributed by atoms with Crippen LogP contribution >= 0.6 is 0 Å². The van der Waals surface area contributed by atoms with Crippen LogP contribution in [0.1, 0.15) is 54.8 Å². The zero-order valence-electron chi connectivity index (χ0n) is 11.4. The molecule has 0 heterocycles. The van der Waals surface area contributed by atoms with E-state index < -0.39 is 5.41 Å². The Morgan fingerprint density at radius 2 is 1.56 bits per heavy atom. The summed E-state index contributed by atoms with van der Waals surface area (Å²) in [6.07, 6.45) is 0.798. The molecule has 0 saturated carbocycles. The fourth-order valence-corrected chi connectivity index (χ4v) is 1.47. The second-order valence-electron chi connectivity index (χ2n) is 5.29. The molecule has 0 aliphatic rings. The molecule has 1 aromatic carbocycles. The molecule has 0 spiro atoms. The van der Waals surface area contributed by atoms with Crippen LogP contribution in [-0.2, 0) is 4.74 Å². The number of ketones is 1. The number of hydrogen-bond acceptors (Lipinski definition) is 3. The molecule has 0 bridgehead atoms. The van der Waals surface area contributed by atoms with Crippen LogP contribution < -0.4 is 0 Å². The van der Waals surface area contributed by atoms with Crippen molar-refractivity contribution in [3.05, 3.63) is 35.4 Å². The van der Waals surface area contributed by atoms with Crippen molar-refractivity contribution >= 4 is 11.8 Å². The van der Waals surface area contributed by atoms with Crippen LogP contribution in [0.3, 0.4) is 0 Å². The number of esters is 1. The van der Waals surface area contributed by atoms with Crippen LogP contribution in [0.2, 0.25) is 0 Å². The predicted octanol–water partition coefficient (Wildman–Crippen LogP) is 3.48. The summed E-state index contributed by atoms with van der Waals surface area (Å²) in [7, 11) is 0. The molecule has 0 aliphatic carbocycles. The highest BCUT2D eigenvalue weighted by molar-refractivity contribution is 6.00. The van der Waals surface area contributed by atoms with Crippen LogP contribution in [0.15, 0.2) is 24.3 Å². The largest absolute Gasteiger partial charge is 0.462 e. The summed E-state index contributed by atoms with van der Waals surface area (Å²) in [5.74, 6) is -0.275. The Morgan fingerprint density at radius 1 is 1.06 bits per heavy atom. The van der Waals surface area contributed by atoms with Crippen molar-refractivity contribution in [1.29, 1.82) is 0 Å². The lowest BCUT2D eigenvalue weighted by Crippen LogP contribution is -2.20. The lowest BCUT2D eigenvalue weighted by atomic mass is 9.86. The minimum atomic E-state index is -0.412. The van der Waals surface area contributed by atoms with Gasteiger partial charge in [-0.2, -0.15) is 0 Å². The van der Waals surface area contributed by atoms with E-state index in [2.05, 4.69) is 0 Å². The molecule has 0 aliphatic heterocycles. The van der Waals surface area contributed by atoms with Gasteiger partial charge >= 0.3 is 5.97 Å². The van der Waals surface area contributed by atoms with E-state index in [4.69, 9.17) is 4.74 Å². The molecule has 98 valence electrons. The number of rotatable bonds is 4. The van der Waals surface area contributed by atoms with E-state index in [1.165, 1.54) is 0 Å². The van der Waals surface area contributed by atoms with Crippen molar-refractivity contribution < 1.29 is 14.3 Å². The monoisotopic (exact) mass is 248 g/mol. The minimum Gasteiger partial charge on any atom is -0.462 e. The van der Waals surface area contributed by atoms with Gasteiger partial charge in [0.05, 0.1) is 12.2 Å². The minimum absolute atomic E-state index is 0.0657. The van der Waals surface area contributed by atoms with Gasteiger partial charge in [0.15, 0.2) is 5.78 Å². The van der Waals surface area contributed by atoms with Gasteiger partial charge in [0.25, 0.3) is 0 Å². The fourth-order valence-electron chi connectivity index (χ4n) is 1.47. The SMILES string of the molecule is CCCOC(=O)c1ccc(C(=O)C(C)(C)C)cc1. The normalized spacial score (nSPS) is 11.1. The van der Waals surface area contributed by atoms with Gasteiger partial charge < -0.3 is 4.74 Å². The number of Topliss-reactive ketones (excluding diaryl/α,β-unsaturated/α-hetero) is 1. The van der Waals surface area contributed by atoms with Crippen molar-refractivity contribution in [2.45, 2.75) is 34.1 Å². The zero-order chi connectivity index (χ0) is 13.8. The van der Waals surface area contributed by atoms with E-state index in [9.17, 15) is 9.59 Å². The van der Waals surface area contributed by atoms with Crippen LogP contribution in [0.4, 0.5) is 0 Å². The van der Waals surface area contributed by atoms with Gasteiger partial charge in [-0.3, -0.25) is 4.79 Å². The quantitative estimate of drug-likeness (QED) is 0.605. The second-order valence-corrected chi connectivity index (χ2v) is 5.29. The molecule has 0 aromatic heterocycles. The van der Waals surface area contributed by atoms with Gasteiger partial charge in [-0.1, -0.05) is 39.8 Å². The maximum Gasteiger partial charge on any atom is 0.338 e. The fraction of sp³-hybridized carbons (Fsp3) is 0.467. The van der Waals surface area contributed by atoms with Crippen LogP contribution in [0.5, 0.6) is 0 Å². The molecule has 3 nitrogen and oxygen atoms in total. The van der Waals surface area contributed by atoms with Gasteiger partial charge in [0.2, 0.25) is 0 Å². The molecule has 0 radical (unpaired) electrons. The first-order chi connectivity index (χ1) is 8.36. The Kier molecular flexibility index (Phi) is 4.65. The summed E-state index contributed by atoms with van der Waals surface area (Å²) in [6.45, 7) is 7.98. The highest BCUT2D eigenvalue weighted by Crippen LogP contribution is 2.21. The molecule has 0 unspecified atom stereocenters. The van der Waals surface area contributed by atoms with Gasteiger partial charge in [-0.05, 0) is 18.6 Å². The number of carbonyl (C=O) groups excluding carboxylic acids is 2. The average molecular weight is 248 g/mol. The molecular weight excluding hydrogens is 228 g/mol. The summed E-state index contributed by atoms with van der Waals surface area (Å²) in [5, 5.41) is 0. The molecule has 3 heteroatoms. The van der Waals surface area contributed by atoms with Crippen LogP contribution in [0.25, 0.3) is 0 Å². The first-order valence-corrected chi connectivity index (χ1v) is 6.18. The summed E-state index contributed by atoms with van der Waals surface area (Å²) < 4.78 is 5.02. The summed E-state index contributed by atoms with van der Waals surface area (Å²) in [5.41, 5.74) is 0.688. The van der Waals surface area contributed by atoms with Gasteiger partial charge in [0, 0.05) is 11.0 Å². The first kappa shape index (κ1) is 14.4. The Labute approximate surface area is 108 Å². The molecule has 0 atom stereocenters. The van der Waals surface area contributed by atoms with Crippen molar-refractivity contribution in [2.24, 2.45) is 5.41 Å². The topological polar surface area (TPSA) is 43.4 Å². The Balaban J connectivity index is 2.80. The lowest BCUT2D eigenvalue weighted by molar-refractivity contribution is 0.0504. The highest BCUT2D eigenvalue weighted by Gasteiger charge is 2.22. The van der Waals surface area contributed by atoms with Crippen LogP contribution in [0, 0.1) is 5.41 Å². The number of carbonyl (C=O) groups is 2. The molecule has 1 rings (SSSR count). The molecule has 0 amide bonds. The van der Waals surface area contributed by atoms with Crippen molar-refractivity contribution in [2.75, 3.05) is 6.61 Å². The lowest BCUT2D eigenvalue weighted by Gasteiger charge is -2.16. The summed E-state index contributed by atoms with van der Waals surface area (Å²) in [6, 6.07) is 6.63.